The first-order valence-corrected chi connectivity index (χ1v) is 9.34. The predicted octanol–water partition coefficient (Wildman–Crippen LogP) is 2.94. The lowest BCUT2D eigenvalue weighted by atomic mass is 9.84. The fraction of sp³-hybridized carbons (Fsp3) is 0.579. The summed E-state index contributed by atoms with van der Waals surface area (Å²) in [4.78, 5) is 4.21. The van der Waals surface area contributed by atoms with Gasteiger partial charge in [-0.05, 0) is 65.2 Å². The van der Waals surface area contributed by atoms with Crippen LogP contribution in [-0.4, -0.2) is 39.7 Å². The first-order valence-electron chi connectivity index (χ1n) is 9.34. The molecule has 0 radical (unpaired) electrons. The second-order valence-corrected chi connectivity index (χ2v) is 8.05. The van der Waals surface area contributed by atoms with Gasteiger partial charge in [0.25, 0.3) is 0 Å². The maximum Gasteiger partial charge on any atom is 0.514 e. The average molecular weight is 355 g/mol. The normalized spacial score (nSPS) is 24.8. The summed E-state index contributed by atoms with van der Waals surface area (Å²) in [7, 11) is -0.469. The van der Waals surface area contributed by atoms with Crippen LogP contribution in [0.15, 0.2) is 30.6 Å². The summed E-state index contributed by atoms with van der Waals surface area (Å²) in [5.74, 6) is 0. The Morgan fingerprint density at radius 2 is 1.92 bits per heavy atom. The monoisotopic (exact) mass is 355 g/mol. The zero-order valence-corrected chi connectivity index (χ0v) is 15.9. The number of ether oxygens (including phenoxy) is 1. The molecule has 0 aromatic carbocycles. The van der Waals surface area contributed by atoms with Gasteiger partial charge in [0.1, 0.15) is 6.23 Å². The minimum atomic E-state index is -0.469. The summed E-state index contributed by atoms with van der Waals surface area (Å²) < 4.78 is 20.5. The molecule has 138 valence electrons. The van der Waals surface area contributed by atoms with E-state index >= 15 is 0 Å². The third-order valence-electron chi connectivity index (χ3n) is 5.65. The molecule has 1 atom stereocenters. The van der Waals surface area contributed by atoms with Crippen LogP contribution < -0.4 is 5.59 Å². The molecule has 2 aromatic rings. The van der Waals surface area contributed by atoms with Crippen LogP contribution in [0.25, 0.3) is 11.3 Å². The van der Waals surface area contributed by atoms with E-state index in [2.05, 4.69) is 32.7 Å². The summed E-state index contributed by atoms with van der Waals surface area (Å²) in [6.45, 7) is 9.01. The molecule has 0 saturated carbocycles. The van der Waals surface area contributed by atoms with Gasteiger partial charge in [-0.25, -0.2) is 4.68 Å². The van der Waals surface area contributed by atoms with Gasteiger partial charge in [-0.1, -0.05) is 0 Å². The molecule has 2 aromatic heterocycles. The van der Waals surface area contributed by atoms with Crippen molar-refractivity contribution in [1.82, 2.24) is 14.8 Å². The fourth-order valence-corrected chi connectivity index (χ4v) is 3.35. The zero-order chi connectivity index (χ0) is 18.4. The highest BCUT2D eigenvalue weighted by Gasteiger charge is 2.53. The van der Waals surface area contributed by atoms with Gasteiger partial charge >= 0.3 is 7.12 Å². The van der Waals surface area contributed by atoms with Gasteiger partial charge in [0.15, 0.2) is 0 Å². The van der Waals surface area contributed by atoms with Gasteiger partial charge < -0.3 is 14.0 Å². The maximum atomic E-state index is 6.28. The van der Waals surface area contributed by atoms with Crippen LogP contribution in [0.1, 0.15) is 53.2 Å². The highest BCUT2D eigenvalue weighted by molar-refractivity contribution is 6.61. The van der Waals surface area contributed by atoms with E-state index in [1.165, 1.54) is 0 Å². The second kappa shape index (κ2) is 6.48. The van der Waals surface area contributed by atoms with Gasteiger partial charge in [0.05, 0.1) is 22.5 Å². The van der Waals surface area contributed by atoms with E-state index in [1.54, 1.807) is 6.20 Å². The van der Waals surface area contributed by atoms with E-state index in [-0.39, 0.29) is 6.23 Å². The van der Waals surface area contributed by atoms with E-state index in [0.717, 1.165) is 42.7 Å². The van der Waals surface area contributed by atoms with Crippen LogP contribution in [0.2, 0.25) is 0 Å². The Bertz CT molecular complexity index is 754. The van der Waals surface area contributed by atoms with Crippen molar-refractivity contribution >= 4 is 12.7 Å². The molecular formula is C19H26BN3O3. The van der Waals surface area contributed by atoms with Crippen molar-refractivity contribution in [2.45, 2.75) is 64.4 Å². The summed E-state index contributed by atoms with van der Waals surface area (Å²) in [6, 6.07) is 5.96. The Kier molecular flexibility index (Phi) is 4.41. The smallest absolute Gasteiger partial charge is 0.398 e. The standard InChI is InChI=1S/C19H26BN3O3/c1-18(2)19(3,4)26-20(25-18)16-12-15(14-8-7-10-21-13-14)22-23(16)17-9-5-6-11-24-17/h7-8,10,12-13,17H,5-6,9,11H2,1-4H3. The van der Waals surface area contributed by atoms with Gasteiger partial charge in [0.2, 0.25) is 0 Å². The van der Waals surface area contributed by atoms with E-state index in [0.29, 0.717) is 0 Å². The van der Waals surface area contributed by atoms with Gasteiger partial charge in [-0.3, -0.25) is 4.98 Å². The topological polar surface area (TPSA) is 58.4 Å². The van der Waals surface area contributed by atoms with Crippen LogP contribution in [0.3, 0.4) is 0 Å². The molecule has 6 nitrogen and oxygen atoms in total. The molecule has 2 aliphatic rings. The van der Waals surface area contributed by atoms with Gasteiger partial charge in [-0.15, -0.1) is 0 Å². The van der Waals surface area contributed by atoms with Crippen molar-refractivity contribution < 1.29 is 14.0 Å². The van der Waals surface area contributed by atoms with Crippen LogP contribution in [0, 0.1) is 0 Å². The summed E-state index contributed by atoms with van der Waals surface area (Å²) in [5.41, 5.74) is 1.94. The molecule has 2 saturated heterocycles. The first-order chi connectivity index (χ1) is 12.4. The number of nitrogens with zero attached hydrogens (tertiary/aromatic N) is 3. The average Bonchev–Trinajstić information content (AvgIpc) is 3.16. The minimum absolute atomic E-state index is 0.0804. The molecule has 0 bridgehead atoms. The molecule has 4 heterocycles. The van der Waals surface area contributed by atoms with Crippen LogP contribution in [0.4, 0.5) is 0 Å². The Morgan fingerprint density at radius 3 is 2.54 bits per heavy atom. The Labute approximate surface area is 155 Å². The van der Waals surface area contributed by atoms with Gasteiger partial charge in [0, 0.05) is 24.6 Å². The lowest BCUT2D eigenvalue weighted by molar-refractivity contribution is -0.0378. The largest absolute Gasteiger partial charge is 0.514 e. The lowest BCUT2D eigenvalue weighted by Crippen LogP contribution is -2.42. The maximum absolute atomic E-state index is 6.28. The third-order valence-corrected chi connectivity index (χ3v) is 5.65. The first kappa shape index (κ1) is 17.7. The summed E-state index contributed by atoms with van der Waals surface area (Å²) in [6.07, 6.45) is 6.68. The summed E-state index contributed by atoms with van der Waals surface area (Å²) in [5, 5.41) is 4.84. The molecule has 4 rings (SSSR count). The Hall–Kier alpha value is -1.70. The number of pyridine rings is 1. The molecule has 0 aliphatic carbocycles. The fourth-order valence-electron chi connectivity index (χ4n) is 3.35. The van der Waals surface area contributed by atoms with Crippen LogP contribution in [-0.2, 0) is 14.0 Å². The van der Waals surface area contributed by atoms with E-state index in [1.807, 2.05) is 29.1 Å². The van der Waals surface area contributed by atoms with Crippen molar-refractivity contribution in [3.63, 3.8) is 0 Å². The molecule has 2 aliphatic heterocycles. The van der Waals surface area contributed by atoms with E-state index in [9.17, 15) is 0 Å². The third kappa shape index (κ3) is 3.08. The van der Waals surface area contributed by atoms with Crippen molar-refractivity contribution in [1.29, 1.82) is 0 Å². The van der Waals surface area contributed by atoms with E-state index < -0.39 is 18.3 Å². The minimum Gasteiger partial charge on any atom is -0.398 e. The van der Waals surface area contributed by atoms with Crippen molar-refractivity contribution in [2.75, 3.05) is 6.61 Å². The number of hydrogen-bond donors (Lipinski definition) is 0. The predicted molar refractivity (Wildman–Crippen MR) is 100 cm³/mol. The van der Waals surface area contributed by atoms with Crippen molar-refractivity contribution in [3.05, 3.63) is 30.6 Å². The molecule has 26 heavy (non-hydrogen) atoms. The SMILES string of the molecule is CC1(C)OB(c2cc(-c3cccnc3)nn2C2CCCCO2)OC1(C)C. The van der Waals surface area contributed by atoms with E-state index in [4.69, 9.17) is 19.1 Å². The molecule has 1 unspecified atom stereocenters. The Balaban J connectivity index is 1.74. The quantitative estimate of drug-likeness (QED) is 0.793. The molecular weight excluding hydrogens is 329 g/mol. The van der Waals surface area contributed by atoms with Crippen molar-refractivity contribution in [3.8, 4) is 11.3 Å². The van der Waals surface area contributed by atoms with Crippen molar-refractivity contribution in [2.24, 2.45) is 0 Å². The number of rotatable bonds is 3. The second-order valence-electron chi connectivity index (χ2n) is 8.05. The lowest BCUT2D eigenvalue weighted by Gasteiger charge is -2.32. The van der Waals surface area contributed by atoms with Crippen LogP contribution >= 0.6 is 0 Å². The molecule has 7 heteroatoms. The highest BCUT2D eigenvalue weighted by atomic mass is 16.7. The zero-order valence-electron chi connectivity index (χ0n) is 15.9. The molecule has 0 N–H and O–H groups in total. The molecule has 0 spiro atoms. The summed E-state index contributed by atoms with van der Waals surface area (Å²) >= 11 is 0. The molecule has 0 amide bonds. The number of hydrogen-bond acceptors (Lipinski definition) is 5. The van der Waals surface area contributed by atoms with Crippen LogP contribution in [0.5, 0.6) is 0 Å². The van der Waals surface area contributed by atoms with Gasteiger partial charge in [-0.2, -0.15) is 5.10 Å². The number of aromatic nitrogens is 3. The molecule has 2 fully saturated rings. The Morgan fingerprint density at radius 1 is 1.15 bits per heavy atom. The highest BCUT2D eigenvalue weighted by Crippen LogP contribution is 2.37.